The monoisotopic (exact) mass is 429 g/mol. The highest BCUT2D eigenvalue weighted by Gasteiger charge is 2.23. The van der Waals surface area contributed by atoms with E-state index in [2.05, 4.69) is 10.2 Å². The van der Waals surface area contributed by atoms with Gasteiger partial charge in [0.15, 0.2) is 6.61 Å². The van der Waals surface area contributed by atoms with Gasteiger partial charge in [-0.2, -0.15) is 0 Å². The van der Waals surface area contributed by atoms with Crippen molar-refractivity contribution in [2.75, 3.05) is 44.6 Å². The van der Waals surface area contributed by atoms with Crippen molar-refractivity contribution in [2.45, 2.75) is 20.8 Å². The van der Waals surface area contributed by atoms with Gasteiger partial charge in [0.05, 0.1) is 11.6 Å². The highest BCUT2D eigenvalue weighted by molar-refractivity contribution is 6.32. The molecule has 0 aromatic heterocycles. The fourth-order valence-corrected chi connectivity index (χ4v) is 3.56. The molecule has 0 saturated carbocycles. The molecule has 2 aromatic rings. The maximum atomic E-state index is 12.5. The average molecular weight is 430 g/mol. The molecule has 1 heterocycles. The van der Waals surface area contributed by atoms with Crippen LogP contribution in [0.1, 0.15) is 16.7 Å². The number of piperazine rings is 1. The zero-order chi connectivity index (χ0) is 21.7. The van der Waals surface area contributed by atoms with E-state index in [1.54, 1.807) is 11.0 Å². The Bertz CT molecular complexity index is 924. The fraction of sp³-hybridized carbons (Fsp3) is 0.391. The molecule has 3 rings (SSSR count). The Morgan fingerprint density at radius 1 is 1.07 bits per heavy atom. The minimum atomic E-state index is -0.0768. The van der Waals surface area contributed by atoms with Crippen LogP contribution >= 0.6 is 11.6 Å². The Kier molecular flexibility index (Phi) is 7.34. The molecule has 2 amide bonds. The molecular formula is C23H28ClN3O3. The number of benzene rings is 2. The fourth-order valence-electron chi connectivity index (χ4n) is 3.39. The van der Waals surface area contributed by atoms with Crippen LogP contribution in [0.2, 0.25) is 5.02 Å². The van der Waals surface area contributed by atoms with Crippen LogP contribution in [0.15, 0.2) is 36.4 Å². The van der Waals surface area contributed by atoms with Gasteiger partial charge in [-0.15, -0.1) is 0 Å². The van der Waals surface area contributed by atoms with Gasteiger partial charge in [0.1, 0.15) is 5.75 Å². The molecule has 1 aliphatic rings. The molecule has 7 heteroatoms. The van der Waals surface area contributed by atoms with Crippen LogP contribution in [-0.4, -0.2) is 60.9 Å². The highest BCUT2D eigenvalue weighted by atomic mass is 35.5. The number of nitrogens with zero attached hydrogens (tertiary/aromatic N) is 2. The standard InChI is InChI=1S/C23H28ClN3O3/c1-16-7-8-19(24)21(13-16)30-15-23(29)27-11-9-26(10-12-27)14-22(28)25-20-6-4-5-17(2)18(20)3/h4-8,13H,9-12,14-15H2,1-3H3,(H,25,28). The topological polar surface area (TPSA) is 61.9 Å². The summed E-state index contributed by atoms with van der Waals surface area (Å²) in [5.41, 5.74) is 4.10. The molecule has 30 heavy (non-hydrogen) atoms. The normalized spacial score (nSPS) is 14.5. The first-order valence-corrected chi connectivity index (χ1v) is 10.5. The number of rotatable bonds is 6. The number of hydrogen-bond donors (Lipinski definition) is 1. The summed E-state index contributed by atoms with van der Waals surface area (Å²) in [7, 11) is 0. The molecule has 1 saturated heterocycles. The SMILES string of the molecule is Cc1ccc(Cl)c(OCC(=O)N2CCN(CC(=O)Nc3cccc(C)c3C)CC2)c1. The number of amides is 2. The summed E-state index contributed by atoms with van der Waals surface area (Å²) >= 11 is 6.11. The van der Waals surface area contributed by atoms with E-state index in [1.165, 1.54) is 0 Å². The van der Waals surface area contributed by atoms with E-state index in [0.717, 1.165) is 22.4 Å². The molecule has 6 nitrogen and oxygen atoms in total. The third-order valence-electron chi connectivity index (χ3n) is 5.41. The van der Waals surface area contributed by atoms with Crippen molar-refractivity contribution in [1.82, 2.24) is 9.80 Å². The molecule has 0 atom stereocenters. The van der Waals surface area contributed by atoms with Crippen molar-refractivity contribution in [3.8, 4) is 5.75 Å². The quantitative estimate of drug-likeness (QED) is 0.764. The molecule has 0 bridgehead atoms. The Hall–Kier alpha value is -2.57. The van der Waals surface area contributed by atoms with Crippen LogP contribution in [0, 0.1) is 20.8 Å². The smallest absolute Gasteiger partial charge is 0.260 e. The zero-order valence-electron chi connectivity index (χ0n) is 17.7. The van der Waals surface area contributed by atoms with Gasteiger partial charge in [-0.05, 0) is 55.7 Å². The predicted octanol–water partition coefficient (Wildman–Crippen LogP) is 3.43. The number of nitrogens with one attached hydrogen (secondary N) is 1. The van der Waals surface area contributed by atoms with E-state index in [0.29, 0.717) is 43.5 Å². The predicted molar refractivity (Wildman–Crippen MR) is 119 cm³/mol. The van der Waals surface area contributed by atoms with E-state index in [1.807, 2.05) is 51.1 Å². The van der Waals surface area contributed by atoms with Crippen LogP contribution in [0.4, 0.5) is 5.69 Å². The number of carbonyl (C=O) groups is 2. The summed E-state index contributed by atoms with van der Waals surface area (Å²) in [6.45, 7) is 8.68. The first-order chi connectivity index (χ1) is 14.3. The largest absolute Gasteiger partial charge is 0.482 e. The summed E-state index contributed by atoms with van der Waals surface area (Å²) < 4.78 is 5.61. The molecule has 1 N–H and O–H groups in total. The van der Waals surface area contributed by atoms with Crippen LogP contribution in [0.25, 0.3) is 0 Å². The van der Waals surface area contributed by atoms with E-state index in [9.17, 15) is 9.59 Å². The molecule has 2 aromatic carbocycles. The van der Waals surface area contributed by atoms with Gasteiger partial charge in [-0.25, -0.2) is 0 Å². The van der Waals surface area contributed by atoms with Crippen molar-refractivity contribution < 1.29 is 14.3 Å². The minimum absolute atomic E-state index is 0.0408. The third kappa shape index (κ3) is 5.74. The first-order valence-electron chi connectivity index (χ1n) is 10.1. The molecule has 160 valence electrons. The molecule has 0 radical (unpaired) electrons. The lowest BCUT2D eigenvalue weighted by atomic mass is 10.1. The van der Waals surface area contributed by atoms with Gasteiger partial charge >= 0.3 is 0 Å². The first kappa shape index (κ1) is 22.1. The Balaban J connectivity index is 1.44. The van der Waals surface area contributed by atoms with Gasteiger partial charge in [-0.1, -0.05) is 29.8 Å². The number of anilines is 1. The summed E-state index contributed by atoms with van der Waals surface area (Å²) in [6.07, 6.45) is 0. The van der Waals surface area contributed by atoms with Crippen molar-refractivity contribution in [3.05, 3.63) is 58.1 Å². The Labute approximate surface area is 182 Å². The van der Waals surface area contributed by atoms with E-state index >= 15 is 0 Å². The second-order valence-electron chi connectivity index (χ2n) is 7.68. The lowest BCUT2D eigenvalue weighted by Gasteiger charge is -2.34. The van der Waals surface area contributed by atoms with Crippen molar-refractivity contribution in [2.24, 2.45) is 0 Å². The summed E-state index contributed by atoms with van der Waals surface area (Å²) in [6, 6.07) is 11.4. The lowest BCUT2D eigenvalue weighted by molar-refractivity contribution is -0.135. The van der Waals surface area contributed by atoms with Crippen molar-refractivity contribution >= 4 is 29.1 Å². The molecule has 0 unspecified atom stereocenters. The Morgan fingerprint density at radius 2 is 1.80 bits per heavy atom. The number of ether oxygens (including phenoxy) is 1. The lowest BCUT2D eigenvalue weighted by Crippen LogP contribution is -2.51. The number of carbonyl (C=O) groups excluding carboxylic acids is 2. The number of hydrogen-bond acceptors (Lipinski definition) is 4. The van der Waals surface area contributed by atoms with Gasteiger partial charge in [0, 0.05) is 31.9 Å². The maximum Gasteiger partial charge on any atom is 0.260 e. The van der Waals surface area contributed by atoms with Gasteiger partial charge in [-0.3, -0.25) is 14.5 Å². The summed E-state index contributed by atoms with van der Waals surface area (Å²) in [4.78, 5) is 28.7. The summed E-state index contributed by atoms with van der Waals surface area (Å²) in [5, 5.41) is 3.48. The number of aryl methyl sites for hydroxylation is 2. The molecule has 0 aliphatic carbocycles. The average Bonchev–Trinajstić information content (AvgIpc) is 2.72. The zero-order valence-corrected chi connectivity index (χ0v) is 18.5. The molecular weight excluding hydrogens is 402 g/mol. The van der Waals surface area contributed by atoms with Gasteiger partial charge in [0.2, 0.25) is 5.91 Å². The highest BCUT2D eigenvalue weighted by Crippen LogP contribution is 2.25. The van der Waals surface area contributed by atoms with E-state index in [-0.39, 0.29) is 18.4 Å². The summed E-state index contributed by atoms with van der Waals surface area (Å²) in [5.74, 6) is 0.403. The molecule has 1 aliphatic heterocycles. The van der Waals surface area contributed by atoms with Gasteiger partial charge < -0.3 is 15.0 Å². The third-order valence-corrected chi connectivity index (χ3v) is 5.72. The minimum Gasteiger partial charge on any atom is -0.482 e. The maximum absolute atomic E-state index is 12.5. The van der Waals surface area contributed by atoms with Crippen molar-refractivity contribution in [1.29, 1.82) is 0 Å². The van der Waals surface area contributed by atoms with Crippen LogP contribution in [0.3, 0.4) is 0 Å². The Morgan fingerprint density at radius 3 is 2.53 bits per heavy atom. The molecule has 0 spiro atoms. The van der Waals surface area contributed by atoms with Crippen LogP contribution in [0.5, 0.6) is 5.75 Å². The van der Waals surface area contributed by atoms with Crippen LogP contribution in [-0.2, 0) is 9.59 Å². The van der Waals surface area contributed by atoms with Crippen LogP contribution < -0.4 is 10.1 Å². The molecule has 1 fully saturated rings. The number of halogens is 1. The van der Waals surface area contributed by atoms with E-state index < -0.39 is 0 Å². The second kappa shape index (κ2) is 9.96. The van der Waals surface area contributed by atoms with Crippen molar-refractivity contribution in [3.63, 3.8) is 0 Å². The van der Waals surface area contributed by atoms with E-state index in [4.69, 9.17) is 16.3 Å². The second-order valence-corrected chi connectivity index (χ2v) is 8.08. The van der Waals surface area contributed by atoms with Gasteiger partial charge in [0.25, 0.3) is 5.91 Å².